The molecule has 1 atom stereocenters. The molecule has 1 aliphatic rings. The number of ether oxygens (including phenoxy) is 2. The molecule has 1 aliphatic heterocycles. The largest absolute Gasteiger partial charge is 0.486 e. The van der Waals surface area contributed by atoms with Crippen LogP contribution in [0.1, 0.15) is 18.1 Å². The van der Waals surface area contributed by atoms with E-state index in [1.807, 2.05) is 0 Å². The van der Waals surface area contributed by atoms with Crippen LogP contribution >= 0.6 is 0 Å². The highest BCUT2D eigenvalue weighted by molar-refractivity contribution is 5.70. The highest BCUT2D eigenvalue weighted by atomic mass is 19.4. The van der Waals surface area contributed by atoms with E-state index in [-0.39, 0.29) is 36.7 Å². The van der Waals surface area contributed by atoms with Gasteiger partial charge in [0.05, 0.1) is 11.5 Å². The Morgan fingerprint density at radius 3 is 2.35 bits per heavy atom. The molecule has 4 nitrogen and oxygen atoms in total. The van der Waals surface area contributed by atoms with E-state index in [2.05, 4.69) is 0 Å². The van der Waals surface area contributed by atoms with Crippen LogP contribution in [0.15, 0.2) is 12.1 Å². The molecule has 110 valence electrons. The van der Waals surface area contributed by atoms with Crippen LogP contribution in [-0.4, -0.2) is 24.3 Å². The Morgan fingerprint density at radius 2 is 1.85 bits per heavy atom. The molecule has 0 amide bonds. The zero-order valence-electron chi connectivity index (χ0n) is 10.7. The zero-order valence-corrected chi connectivity index (χ0v) is 10.7. The number of benzene rings is 1. The molecule has 0 aromatic heterocycles. The minimum Gasteiger partial charge on any atom is -0.486 e. The lowest BCUT2D eigenvalue weighted by molar-refractivity contribution is -0.142. The minimum absolute atomic E-state index is 0.0373. The van der Waals surface area contributed by atoms with E-state index >= 15 is 0 Å². The number of aliphatic carboxylic acids is 1. The van der Waals surface area contributed by atoms with Crippen LogP contribution in [0.3, 0.4) is 0 Å². The SMILES string of the molecule is CC(Cc1cc2c(cc1C(F)(F)F)OCCO2)C(=O)O. The Hall–Kier alpha value is -1.92. The van der Waals surface area contributed by atoms with E-state index in [4.69, 9.17) is 14.6 Å². The average Bonchev–Trinajstić information content (AvgIpc) is 2.36. The van der Waals surface area contributed by atoms with E-state index in [0.29, 0.717) is 0 Å². The van der Waals surface area contributed by atoms with Crippen LogP contribution in [0.25, 0.3) is 0 Å². The van der Waals surface area contributed by atoms with Crippen molar-refractivity contribution in [2.45, 2.75) is 19.5 Å². The molecule has 0 saturated carbocycles. The first kappa shape index (κ1) is 14.5. The van der Waals surface area contributed by atoms with Crippen molar-refractivity contribution in [2.75, 3.05) is 13.2 Å². The molecule has 1 N–H and O–H groups in total. The fraction of sp³-hybridized carbons (Fsp3) is 0.462. The van der Waals surface area contributed by atoms with Gasteiger partial charge < -0.3 is 14.6 Å². The van der Waals surface area contributed by atoms with Gasteiger partial charge in [-0.3, -0.25) is 4.79 Å². The van der Waals surface area contributed by atoms with Gasteiger partial charge in [-0.2, -0.15) is 13.2 Å². The molecule has 0 saturated heterocycles. The Balaban J connectivity index is 2.44. The van der Waals surface area contributed by atoms with Crippen molar-refractivity contribution >= 4 is 5.97 Å². The van der Waals surface area contributed by atoms with Crippen LogP contribution in [0, 0.1) is 5.92 Å². The number of hydrogen-bond donors (Lipinski definition) is 1. The summed E-state index contributed by atoms with van der Waals surface area (Å²) >= 11 is 0. The highest BCUT2D eigenvalue weighted by Gasteiger charge is 2.36. The summed E-state index contributed by atoms with van der Waals surface area (Å²) in [5.41, 5.74) is -0.980. The molecule has 1 aromatic carbocycles. The molecule has 1 heterocycles. The Morgan fingerprint density at radius 1 is 1.30 bits per heavy atom. The fourth-order valence-electron chi connectivity index (χ4n) is 1.98. The van der Waals surface area contributed by atoms with Gasteiger partial charge in [0.1, 0.15) is 13.2 Å². The summed E-state index contributed by atoms with van der Waals surface area (Å²) in [5, 5.41) is 8.84. The fourth-order valence-corrected chi connectivity index (χ4v) is 1.98. The molecule has 1 unspecified atom stereocenters. The molecule has 0 radical (unpaired) electrons. The minimum atomic E-state index is -4.57. The third-order valence-electron chi connectivity index (χ3n) is 3.02. The molecule has 7 heteroatoms. The summed E-state index contributed by atoms with van der Waals surface area (Å²) in [4.78, 5) is 10.8. The lowest BCUT2D eigenvalue weighted by Gasteiger charge is -2.22. The van der Waals surface area contributed by atoms with Gasteiger partial charge in [0.25, 0.3) is 0 Å². The van der Waals surface area contributed by atoms with Gasteiger partial charge in [-0.15, -0.1) is 0 Å². The number of alkyl halides is 3. The second-order valence-electron chi connectivity index (χ2n) is 4.59. The third kappa shape index (κ3) is 2.97. The van der Waals surface area contributed by atoms with Crippen molar-refractivity contribution in [3.05, 3.63) is 23.3 Å². The molecule has 0 fully saturated rings. The summed E-state index contributed by atoms with van der Waals surface area (Å²) in [6.07, 6.45) is -4.79. The van der Waals surface area contributed by atoms with Crippen molar-refractivity contribution < 1.29 is 32.5 Å². The first-order chi connectivity index (χ1) is 9.29. The molecular weight excluding hydrogens is 277 g/mol. The highest BCUT2D eigenvalue weighted by Crippen LogP contribution is 2.41. The molecule has 20 heavy (non-hydrogen) atoms. The zero-order chi connectivity index (χ0) is 14.9. The Kier molecular flexibility index (Phi) is 3.78. The number of carbonyl (C=O) groups is 1. The number of fused-ring (bicyclic) bond motifs is 1. The van der Waals surface area contributed by atoms with Crippen molar-refractivity contribution in [3.63, 3.8) is 0 Å². The van der Waals surface area contributed by atoms with Gasteiger partial charge in [0.2, 0.25) is 0 Å². The lowest BCUT2D eigenvalue weighted by Crippen LogP contribution is -2.20. The van der Waals surface area contributed by atoms with Gasteiger partial charge >= 0.3 is 12.1 Å². The standard InChI is InChI=1S/C13H13F3O4/c1-7(12(17)18)4-8-5-10-11(20-3-2-19-10)6-9(8)13(14,15)16/h5-7H,2-4H2,1H3,(H,17,18). The summed E-state index contributed by atoms with van der Waals surface area (Å²) in [6.45, 7) is 1.81. The van der Waals surface area contributed by atoms with Gasteiger partial charge in [-0.1, -0.05) is 6.92 Å². The molecule has 1 aromatic rings. The first-order valence-corrected chi connectivity index (χ1v) is 6.01. The van der Waals surface area contributed by atoms with Gasteiger partial charge in [0.15, 0.2) is 11.5 Å². The van der Waals surface area contributed by atoms with Crippen LogP contribution in [-0.2, 0) is 17.4 Å². The molecule has 0 spiro atoms. The lowest BCUT2D eigenvalue weighted by atomic mass is 9.95. The van der Waals surface area contributed by atoms with Gasteiger partial charge in [-0.05, 0) is 24.1 Å². The maximum atomic E-state index is 13.0. The van der Waals surface area contributed by atoms with Crippen molar-refractivity contribution in [2.24, 2.45) is 5.92 Å². The van der Waals surface area contributed by atoms with Crippen LogP contribution in [0.2, 0.25) is 0 Å². The summed E-state index contributed by atoms with van der Waals surface area (Å²) in [6, 6.07) is 2.09. The summed E-state index contributed by atoms with van der Waals surface area (Å²) in [5.74, 6) is -1.81. The van der Waals surface area contributed by atoms with E-state index in [9.17, 15) is 18.0 Å². The average molecular weight is 290 g/mol. The predicted molar refractivity (Wildman–Crippen MR) is 62.9 cm³/mol. The molecule has 0 bridgehead atoms. The number of hydrogen-bond acceptors (Lipinski definition) is 3. The van der Waals surface area contributed by atoms with E-state index in [1.165, 1.54) is 13.0 Å². The third-order valence-corrected chi connectivity index (χ3v) is 3.02. The number of carboxylic acid groups (broad SMARTS) is 1. The first-order valence-electron chi connectivity index (χ1n) is 6.01. The van der Waals surface area contributed by atoms with Gasteiger partial charge in [0, 0.05) is 0 Å². The van der Waals surface area contributed by atoms with Crippen molar-refractivity contribution in [1.29, 1.82) is 0 Å². The maximum absolute atomic E-state index is 13.0. The Labute approximate surface area is 113 Å². The second-order valence-corrected chi connectivity index (χ2v) is 4.59. The quantitative estimate of drug-likeness (QED) is 0.930. The predicted octanol–water partition coefficient (Wildman–Crippen LogP) is 2.74. The number of carboxylic acids is 1. The topological polar surface area (TPSA) is 55.8 Å². The summed E-state index contributed by atoms with van der Waals surface area (Å²) < 4.78 is 49.4. The smallest absolute Gasteiger partial charge is 0.416 e. The summed E-state index contributed by atoms with van der Waals surface area (Å²) in [7, 11) is 0. The van der Waals surface area contributed by atoms with Crippen LogP contribution < -0.4 is 9.47 Å². The number of rotatable bonds is 3. The van der Waals surface area contributed by atoms with Crippen molar-refractivity contribution in [1.82, 2.24) is 0 Å². The second kappa shape index (κ2) is 5.22. The van der Waals surface area contributed by atoms with Crippen LogP contribution in [0.5, 0.6) is 11.5 Å². The number of halogens is 3. The van der Waals surface area contributed by atoms with E-state index < -0.39 is 23.6 Å². The monoisotopic (exact) mass is 290 g/mol. The van der Waals surface area contributed by atoms with Gasteiger partial charge in [-0.25, -0.2) is 0 Å². The van der Waals surface area contributed by atoms with Crippen LogP contribution in [0.4, 0.5) is 13.2 Å². The molecule has 0 aliphatic carbocycles. The van der Waals surface area contributed by atoms with E-state index in [1.54, 1.807) is 0 Å². The molecular formula is C13H13F3O4. The Bertz CT molecular complexity index is 525. The molecule has 2 rings (SSSR count). The normalized spacial score (nSPS) is 15.8. The maximum Gasteiger partial charge on any atom is 0.416 e. The van der Waals surface area contributed by atoms with E-state index in [0.717, 1.165) is 6.07 Å². The van der Waals surface area contributed by atoms with Crippen molar-refractivity contribution in [3.8, 4) is 11.5 Å².